The van der Waals surface area contributed by atoms with Gasteiger partial charge in [0.15, 0.2) is 0 Å². The van der Waals surface area contributed by atoms with Crippen molar-refractivity contribution < 1.29 is 19.2 Å². The highest BCUT2D eigenvalue weighted by molar-refractivity contribution is 5.96. The third kappa shape index (κ3) is 3.41. The first kappa shape index (κ1) is 16.4. The molecule has 1 N–H and O–H groups in total. The number of aliphatic hydroxyl groups is 1. The van der Waals surface area contributed by atoms with Gasteiger partial charge in [-0.3, -0.25) is 9.69 Å². The molecule has 7 heteroatoms. The van der Waals surface area contributed by atoms with Crippen molar-refractivity contribution in [2.24, 2.45) is 11.8 Å². The topological polar surface area (TPSA) is 79.0 Å². The molecule has 2 saturated heterocycles. The van der Waals surface area contributed by atoms with E-state index < -0.39 is 0 Å². The van der Waals surface area contributed by atoms with E-state index in [0.717, 1.165) is 32.8 Å². The van der Waals surface area contributed by atoms with E-state index >= 15 is 0 Å². The maximum absolute atomic E-state index is 12.8. The number of morpholine rings is 1. The van der Waals surface area contributed by atoms with Gasteiger partial charge in [0.2, 0.25) is 0 Å². The van der Waals surface area contributed by atoms with Gasteiger partial charge in [-0.1, -0.05) is 5.16 Å². The highest BCUT2D eigenvalue weighted by Crippen LogP contribution is 2.27. The highest BCUT2D eigenvalue weighted by Gasteiger charge is 2.37. The summed E-state index contributed by atoms with van der Waals surface area (Å²) in [7, 11) is 0. The first-order chi connectivity index (χ1) is 11.1. The number of carbonyl (C=O) groups is 1. The third-order valence-electron chi connectivity index (χ3n) is 4.94. The van der Waals surface area contributed by atoms with E-state index in [2.05, 4.69) is 10.1 Å². The Morgan fingerprint density at radius 2 is 1.96 bits per heavy atom. The molecule has 0 saturated carbocycles. The first-order valence-electron chi connectivity index (χ1n) is 8.23. The summed E-state index contributed by atoms with van der Waals surface area (Å²) >= 11 is 0. The van der Waals surface area contributed by atoms with Gasteiger partial charge in [0.05, 0.1) is 18.9 Å². The smallest absolute Gasteiger partial charge is 0.259 e. The van der Waals surface area contributed by atoms with Gasteiger partial charge in [0.1, 0.15) is 11.3 Å². The van der Waals surface area contributed by atoms with E-state index in [4.69, 9.17) is 9.26 Å². The molecule has 1 aromatic heterocycles. The van der Waals surface area contributed by atoms with E-state index in [0.29, 0.717) is 36.0 Å². The van der Waals surface area contributed by atoms with E-state index in [1.807, 2.05) is 4.90 Å². The van der Waals surface area contributed by atoms with Crippen LogP contribution in [0.5, 0.6) is 0 Å². The summed E-state index contributed by atoms with van der Waals surface area (Å²) in [5, 5.41) is 13.6. The zero-order chi connectivity index (χ0) is 16.4. The molecule has 0 unspecified atom stereocenters. The molecular weight excluding hydrogens is 298 g/mol. The minimum Gasteiger partial charge on any atom is -0.396 e. The lowest BCUT2D eigenvalue weighted by Crippen LogP contribution is -2.41. The fourth-order valence-electron chi connectivity index (χ4n) is 3.58. The van der Waals surface area contributed by atoms with Gasteiger partial charge in [-0.15, -0.1) is 0 Å². The van der Waals surface area contributed by atoms with Crippen molar-refractivity contribution in [3.8, 4) is 0 Å². The lowest BCUT2D eigenvalue weighted by Gasteiger charge is -2.30. The quantitative estimate of drug-likeness (QED) is 0.859. The van der Waals surface area contributed by atoms with Crippen LogP contribution in [-0.2, 0) is 4.74 Å². The Labute approximate surface area is 136 Å². The van der Waals surface area contributed by atoms with Crippen molar-refractivity contribution in [1.82, 2.24) is 15.0 Å². The second kappa shape index (κ2) is 6.98. The monoisotopic (exact) mass is 323 g/mol. The molecule has 0 aromatic carbocycles. The lowest BCUT2D eigenvalue weighted by molar-refractivity contribution is 0.0264. The van der Waals surface area contributed by atoms with Gasteiger partial charge in [0, 0.05) is 45.2 Å². The number of aryl methyl sites for hydroxylation is 2. The number of rotatable bonds is 4. The zero-order valence-corrected chi connectivity index (χ0v) is 13.8. The van der Waals surface area contributed by atoms with Crippen molar-refractivity contribution >= 4 is 5.91 Å². The van der Waals surface area contributed by atoms with Gasteiger partial charge in [-0.2, -0.15) is 0 Å². The molecule has 3 rings (SSSR count). The largest absolute Gasteiger partial charge is 0.396 e. The molecule has 23 heavy (non-hydrogen) atoms. The normalized spacial score (nSPS) is 26.0. The van der Waals surface area contributed by atoms with Crippen LogP contribution < -0.4 is 0 Å². The fourth-order valence-corrected chi connectivity index (χ4v) is 3.58. The van der Waals surface area contributed by atoms with Crippen LogP contribution in [0.3, 0.4) is 0 Å². The van der Waals surface area contributed by atoms with E-state index in [9.17, 15) is 9.90 Å². The number of ether oxygens (including phenoxy) is 1. The van der Waals surface area contributed by atoms with E-state index in [-0.39, 0.29) is 18.4 Å². The Balaban J connectivity index is 1.67. The Morgan fingerprint density at radius 3 is 2.57 bits per heavy atom. The number of carbonyl (C=O) groups excluding carboxylic acids is 1. The molecule has 2 atom stereocenters. The highest BCUT2D eigenvalue weighted by atomic mass is 16.5. The molecule has 2 aliphatic heterocycles. The standard InChI is InChI=1S/C16H25N3O4/c1-11-15(12(2)23-17-11)16(21)19-8-13(14(9-19)10-20)7-18-3-5-22-6-4-18/h13-14,20H,3-10H2,1-2H3/t13-,14-/m1/s1. The number of amides is 1. The molecule has 7 nitrogen and oxygen atoms in total. The minimum atomic E-state index is -0.0378. The predicted octanol–water partition coefficient (Wildman–Crippen LogP) is 0.304. The molecule has 3 heterocycles. The van der Waals surface area contributed by atoms with Crippen LogP contribution in [-0.4, -0.2) is 78.5 Å². The summed E-state index contributed by atoms with van der Waals surface area (Å²) in [5.74, 6) is 0.943. The summed E-state index contributed by atoms with van der Waals surface area (Å²) in [5.41, 5.74) is 1.19. The second-order valence-corrected chi connectivity index (χ2v) is 6.53. The molecule has 2 fully saturated rings. The molecule has 1 amide bonds. The number of aliphatic hydroxyl groups excluding tert-OH is 1. The third-order valence-corrected chi connectivity index (χ3v) is 4.94. The first-order valence-corrected chi connectivity index (χ1v) is 8.23. The fraction of sp³-hybridized carbons (Fsp3) is 0.750. The zero-order valence-electron chi connectivity index (χ0n) is 13.8. The van der Waals surface area contributed by atoms with Crippen LogP contribution in [0.15, 0.2) is 4.52 Å². The Kier molecular flexibility index (Phi) is 4.99. The Bertz CT molecular complexity index is 534. The number of nitrogens with zero attached hydrogens (tertiary/aromatic N) is 3. The number of hydrogen-bond acceptors (Lipinski definition) is 6. The summed E-state index contributed by atoms with van der Waals surface area (Å²) in [6, 6.07) is 0. The van der Waals surface area contributed by atoms with Crippen molar-refractivity contribution in [2.45, 2.75) is 13.8 Å². The van der Waals surface area contributed by atoms with E-state index in [1.165, 1.54) is 0 Å². The average molecular weight is 323 g/mol. The second-order valence-electron chi connectivity index (χ2n) is 6.53. The van der Waals surface area contributed by atoms with Crippen LogP contribution in [0.2, 0.25) is 0 Å². The van der Waals surface area contributed by atoms with Crippen LogP contribution in [0.25, 0.3) is 0 Å². The van der Waals surface area contributed by atoms with Crippen molar-refractivity contribution in [1.29, 1.82) is 0 Å². The Morgan fingerprint density at radius 1 is 1.26 bits per heavy atom. The molecule has 0 radical (unpaired) electrons. The summed E-state index contributed by atoms with van der Waals surface area (Å²) in [6.07, 6.45) is 0. The number of likely N-dealkylation sites (tertiary alicyclic amines) is 1. The molecule has 2 aliphatic rings. The predicted molar refractivity (Wildman–Crippen MR) is 83.2 cm³/mol. The Hall–Kier alpha value is -1.44. The number of aromatic nitrogens is 1. The minimum absolute atomic E-state index is 0.0378. The van der Waals surface area contributed by atoms with Crippen molar-refractivity contribution in [2.75, 3.05) is 52.5 Å². The molecular formula is C16H25N3O4. The van der Waals surface area contributed by atoms with Crippen molar-refractivity contribution in [3.63, 3.8) is 0 Å². The molecule has 0 bridgehead atoms. The van der Waals surface area contributed by atoms with Gasteiger partial charge < -0.3 is 19.3 Å². The maximum atomic E-state index is 12.8. The van der Waals surface area contributed by atoms with E-state index in [1.54, 1.807) is 13.8 Å². The van der Waals surface area contributed by atoms with Crippen LogP contribution in [0, 0.1) is 25.7 Å². The molecule has 0 aliphatic carbocycles. The SMILES string of the molecule is Cc1noc(C)c1C(=O)N1C[C@@H](CN2CCOCC2)[C@@H](CO)C1. The van der Waals surface area contributed by atoms with Crippen LogP contribution in [0.1, 0.15) is 21.8 Å². The van der Waals surface area contributed by atoms with Gasteiger partial charge in [0.25, 0.3) is 5.91 Å². The number of hydrogen-bond donors (Lipinski definition) is 1. The molecule has 1 aromatic rings. The van der Waals surface area contributed by atoms with Crippen LogP contribution >= 0.6 is 0 Å². The molecule has 128 valence electrons. The van der Waals surface area contributed by atoms with Crippen molar-refractivity contribution in [3.05, 3.63) is 17.0 Å². The average Bonchev–Trinajstić information content (AvgIpc) is 3.11. The summed E-state index contributed by atoms with van der Waals surface area (Å²) in [6.45, 7) is 9.20. The molecule has 0 spiro atoms. The maximum Gasteiger partial charge on any atom is 0.259 e. The lowest BCUT2D eigenvalue weighted by atomic mass is 9.96. The summed E-state index contributed by atoms with van der Waals surface area (Å²) < 4.78 is 10.5. The van der Waals surface area contributed by atoms with Gasteiger partial charge >= 0.3 is 0 Å². The van der Waals surface area contributed by atoms with Gasteiger partial charge in [-0.05, 0) is 19.8 Å². The van der Waals surface area contributed by atoms with Gasteiger partial charge in [-0.25, -0.2) is 0 Å². The van der Waals surface area contributed by atoms with Crippen LogP contribution in [0.4, 0.5) is 0 Å². The summed E-state index contributed by atoms with van der Waals surface area (Å²) in [4.78, 5) is 17.0.